The van der Waals surface area contributed by atoms with Crippen LogP contribution in [-0.4, -0.2) is 44.4 Å². The van der Waals surface area contributed by atoms with Crippen molar-refractivity contribution in [3.8, 4) is 0 Å². The molecule has 1 aliphatic heterocycles. The SMILES string of the molecule is CC1(C)CN(C(=O)c2ccc(C(N)=S)cn2)CCS1. The normalized spacial score (nSPS) is 18.1. The largest absolute Gasteiger partial charge is 0.389 e. The molecule has 102 valence electrons. The van der Waals surface area contributed by atoms with Gasteiger partial charge < -0.3 is 10.6 Å². The van der Waals surface area contributed by atoms with Gasteiger partial charge in [0.1, 0.15) is 10.7 Å². The van der Waals surface area contributed by atoms with E-state index in [0.717, 1.165) is 18.8 Å². The summed E-state index contributed by atoms with van der Waals surface area (Å²) in [6.45, 7) is 5.82. The fraction of sp³-hybridized carbons (Fsp3) is 0.462. The third-order valence-electron chi connectivity index (χ3n) is 2.98. The van der Waals surface area contributed by atoms with Gasteiger partial charge in [-0.1, -0.05) is 12.2 Å². The number of aromatic nitrogens is 1. The monoisotopic (exact) mass is 295 g/mol. The van der Waals surface area contributed by atoms with E-state index in [9.17, 15) is 4.79 Å². The summed E-state index contributed by atoms with van der Waals surface area (Å²) in [5.74, 6) is 0.937. The zero-order chi connectivity index (χ0) is 14.0. The molecule has 0 aliphatic carbocycles. The Bertz CT molecular complexity index is 499. The Hall–Kier alpha value is -1.14. The van der Waals surface area contributed by atoms with Crippen LogP contribution in [0.25, 0.3) is 0 Å². The van der Waals surface area contributed by atoms with Gasteiger partial charge in [-0.05, 0) is 26.0 Å². The summed E-state index contributed by atoms with van der Waals surface area (Å²) in [5, 5.41) is 0. The van der Waals surface area contributed by atoms with Crippen LogP contribution in [0.2, 0.25) is 0 Å². The number of hydrogen-bond donors (Lipinski definition) is 1. The summed E-state index contributed by atoms with van der Waals surface area (Å²) < 4.78 is 0.104. The number of nitrogens with zero attached hydrogens (tertiary/aromatic N) is 2. The molecule has 0 bridgehead atoms. The lowest BCUT2D eigenvalue weighted by atomic mass is 10.1. The molecule has 2 heterocycles. The van der Waals surface area contributed by atoms with Gasteiger partial charge in [-0.3, -0.25) is 9.78 Å². The fourth-order valence-electron chi connectivity index (χ4n) is 2.02. The molecule has 4 nitrogen and oxygen atoms in total. The van der Waals surface area contributed by atoms with Crippen molar-refractivity contribution in [2.45, 2.75) is 18.6 Å². The van der Waals surface area contributed by atoms with Crippen LogP contribution in [0.15, 0.2) is 18.3 Å². The van der Waals surface area contributed by atoms with Crippen molar-refractivity contribution in [2.24, 2.45) is 5.73 Å². The molecule has 1 aliphatic rings. The molecular weight excluding hydrogens is 278 g/mol. The first-order chi connectivity index (χ1) is 8.89. The first-order valence-corrected chi connectivity index (χ1v) is 7.47. The van der Waals surface area contributed by atoms with Crippen molar-refractivity contribution >= 4 is 34.9 Å². The summed E-state index contributed by atoms with van der Waals surface area (Å²) in [7, 11) is 0. The molecule has 6 heteroatoms. The third-order valence-corrected chi connectivity index (χ3v) is 4.51. The molecule has 2 rings (SSSR count). The van der Waals surface area contributed by atoms with Crippen LogP contribution in [-0.2, 0) is 0 Å². The molecule has 2 N–H and O–H groups in total. The van der Waals surface area contributed by atoms with E-state index >= 15 is 0 Å². The highest BCUT2D eigenvalue weighted by Crippen LogP contribution is 2.29. The molecule has 19 heavy (non-hydrogen) atoms. The third kappa shape index (κ3) is 3.45. The summed E-state index contributed by atoms with van der Waals surface area (Å²) in [5.41, 5.74) is 6.64. The topological polar surface area (TPSA) is 59.2 Å². The minimum Gasteiger partial charge on any atom is -0.389 e. The van der Waals surface area contributed by atoms with Gasteiger partial charge in [0, 0.05) is 35.3 Å². The van der Waals surface area contributed by atoms with Crippen molar-refractivity contribution in [2.75, 3.05) is 18.8 Å². The van der Waals surface area contributed by atoms with E-state index in [1.54, 1.807) is 18.3 Å². The maximum atomic E-state index is 12.4. The van der Waals surface area contributed by atoms with Gasteiger partial charge in [-0.2, -0.15) is 11.8 Å². The molecule has 0 saturated carbocycles. The number of pyridine rings is 1. The number of hydrogen-bond acceptors (Lipinski definition) is 4. The Balaban J connectivity index is 2.13. The predicted molar refractivity (Wildman–Crippen MR) is 82.6 cm³/mol. The second-order valence-corrected chi connectivity index (χ2v) is 7.37. The lowest BCUT2D eigenvalue weighted by molar-refractivity contribution is 0.0742. The minimum atomic E-state index is -0.0251. The van der Waals surface area contributed by atoms with Crippen LogP contribution >= 0.6 is 24.0 Å². The number of nitrogens with two attached hydrogens (primary N) is 1. The second-order valence-electron chi connectivity index (χ2n) is 5.13. The average molecular weight is 295 g/mol. The molecule has 1 saturated heterocycles. The Morgan fingerprint density at radius 3 is 2.79 bits per heavy atom. The van der Waals surface area contributed by atoms with E-state index in [2.05, 4.69) is 18.8 Å². The lowest BCUT2D eigenvalue weighted by Crippen LogP contribution is -2.46. The van der Waals surface area contributed by atoms with Crippen molar-refractivity contribution in [1.29, 1.82) is 0 Å². The van der Waals surface area contributed by atoms with Crippen LogP contribution < -0.4 is 5.73 Å². The Kier molecular flexibility index (Phi) is 4.10. The molecule has 1 fully saturated rings. The maximum absolute atomic E-state index is 12.4. The number of carbonyl (C=O) groups is 1. The Morgan fingerprint density at radius 2 is 2.26 bits per heavy atom. The summed E-state index contributed by atoms with van der Waals surface area (Å²) >= 11 is 6.76. The Morgan fingerprint density at radius 1 is 1.53 bits per heavy atom. The molecular formula is C13H17N3OS2. The van der Waals surface area contributed by atoms with Gasteiger partial charge >= 0.3 is 0 Å². The highest BCUT2D eigenvalue weighted by molar-refractivity contribution is 8.00. The number of carbonyl (C=O) groups excluding carboxylic acids is 1. The lowest BCUT2D eigenvalue weighted by Gasteiger charge is -2.37. The van der Waals surface area contributed by atoms with E-state index in [4.69, 9.17) is 18.0 Å². The molecule has 1 aromatic rings. The van der Waals surface area contributed by atoms with Gasteiger partial charge in [0.25, 0.3) is 5.91 Å². The fourth-order valence-corrected chi connectivity index (χ4v) is 3.25. The maximum Gasteiger partial charge on any atom is 0.272 e. The molecule has 0 unspecified atom stereocenters. The molecule has 1 aromatic heterocycles. The highest BCUT2D eigenvalue weighted by atomic mass is 32.2. The smallest absolute Gasteiger partial charge is 0.272 e. The van der Waals surface area contributed by atoms with E-state index in [-0.39, 0.29) is 10.7 Å². The number of thioether (sulfide) groups is 1. The van der Waals surface area contributed by atoms with E-state index in [1.165, 1.54) is 0 Å². The molecule has 0 aromatic carbocycles. The van der Waals surface area contributed by atoms with Crippen molar-refractivity contribution < 1.29 is 4.79 Å². The first-order valence-electron chi connectivity index (χ1n) is 6.08. The standard InChI is InChI=1S/C13H17N3OS2/c1-13(2)8-16(5-6-19-13)12(17)10-4-3-9(7-15-10)11(14)18/h3-4,7H,5-6,8H2,1-2H3,(H2,14,18). The minimum absolute atomic E-state index is 0.0251. The van der Waals surface area contributed by atoms with E-state index < -0.39 is 0 Å². The van der Waals surface area contributed by atoms with Gasteiger partial charge in [0.2, 0.25) is 0 Å². The zero-order valence-corrected chi connectivity index (χ0v) is 12.7. The van der Waals surface area contributed by atoms with E-state index in [0.29, 0.717) is 16.2 Å². The quantitative estimate of drug-likeness (QED) is 0.841. The summed E-state index contributed by atoms with van der Waals surface area (Å²) in [6.07, 6.45) is 1.55. The molecule has 0 atom stereocenters. The number of amides is 1. The van der Waals surface area contributed by atoms with Crippen LogP contribution in [0.3, 0.4) is 0 Å². The van der Waals surface area contributed by atoms with E-state index in [1.807, 2.05) is 16.7 Å². The summed E-state index contributed by atoms with van der Waals surface area (Å²) in [6, 6.07) is 3.43. The summed E-state index contributed by atoms with van der Waals surface area (Å²) in [4.78, 5) is 18.7. The number of rotatable bonds is 2. The molecule has 1 amide bonds. The first kappa shape index (κ1) is 14.3. The van der Waals surface area contributed by atoms with Crippen LogP contribution in [0.1, 0.15) is 29.9 Å². The van der Waals surface area contributed by atoms with Crippen LogP contribution in [0.4, 0.5) is 0 Å². The van der Waals surface area contributed by atoms with Gasteiger partial charge in [-0.15, -0.1) is 0 Å². The second kappa shape index (κ2) is 5.46. The molecule has 0 spiro atoms. The Labute approximate surface area is 122 Å². The highest BCUT2D eigenvalue weighted by Gasteiger charge is 2.30. The van der Waals surface area contributed by atoms with Gasteiger partial charge in [0.05, 0.1) is 0 Å². The average Bonchev–Trinajstić information content (AvgIpc) is 2.37. The predicted octanol–water partition coefficient (Wildman–Crippen LogP) is 1.68. The van der Waals surface area contributed by atoms with Gasteiger partial charge in [0.15, 0.2) is 0 Å². The van der Waals surface area contributed by atoms with Crippen LogP contribution in [0.5, 0.6) is 0 Å². The van der Waals surface area contributed by atoms with Crippen molar-refractivity contribution in [1.82, 2.24) is 9.88 Å². The van der Waals surface area contributed by atoms with Crippen LogP contribution in [0, 0.1) is 0 Å². The molecule has 0 radical (unpaired) electrons. The van der Waals surface area contributed by atoms with Crippen molar-refractivity contribution in [3.63, 3.8) is 0 Å². The zero-order valence-electron chi connectivity index (χ0n) is 11.0. The van der Waals surface area contributed by atoms with Gasteiger partial charge in [-0.25, -0.2) is 0 Å². The van der Waals surface area contributed by atoms with Crippen molar-refractivity contribution in [3.05, 3.63) is 29.6 Å². The number of thiocarbonyl (C=S) groups is 1.